The second-order valence-electron chi connectivity index (χ2n) is 14.4. The number of hydrogen-bond acceptors (Lipinski definition) is 6. The molecular weight excluding hydrogens is 827 g/mol. The third-order valence-corrected chi connectivity index (χ3v) is 13.4. The maximum absolute atomic E-state index is 13.5. The average molecular weight is 868 g/mol. The summed E-state index contributed by atoms with van der Waals surface area (Å²) in [7, 11) is -8.03. The van der Waals surface area contributed by atoms with Crippen molar-refractivity contribution in [3.63, 3.8) is 0 Å². The van der Waals surface area contributed by atoms with Gasteiger partial charge in [0.25, 0.3) is 10.1 Å². The molecular formula is C43H41Cl3N2O7S2. The fourth-order valence-corrected chi connectivity index (χ4v) is 9.45. The van der Waals surface area contributed by atoms with Gasteiger partial charge in [0, 0.05) is 34.6 Å². The molecule has 0 saturated carbocycles. The molecule has 0 aliphatic rings. The highest BCUT2D eigenvalue weighted by atomic mass is 35.5. The van der Waals surface area contributed by atoms with Gasteiger partial charge in [0.15, 0.2) is 0 Å². The van der Waals surface area contributed by atoms with Crippen LogP contribution in [0.2, 0.25) is 15.1 Å². The first-order chi connectivity index (χ1) is 27.0. The first-order valence-electron chi connectivity index (χ1n) is 18.1. The third-order valence-electron chi connectivity index (χ3n) is 9.72. The molecule has 0 unspecified atom stereocenters. The van der Waals surface area contributed by atoms with Crippen LogP contribution in [0.3, 0.4) is 0 Å². The largest absolute Gasteiger partial charge is 0.481 e. The zero-order valence-electron chi connectivity index (χ0n) is 31.2. The average Bonchev–Trinajstić information content (AvgIpc) is 3.45. The molecule has 1 heterocycles. The van der Waals surface area contributed by atoms with Crippen molar-refractivity contribution < 1.29 is 30.9 Å². The molecule has 9 nitrogen and oxygen atoms in total. The van der Waals surface area contributed by atoms with E-state index in [4.69, 9.17) is 39.0 Å². The van der Waals surface area contributed by atoms with E-state index in [1.165, 1.54) is 18.2 Å². The van der Waals surface area contributed by atoms with Crippen molar-refractivity contribution in [3.8, 4) is 0 Å². The minimum atomic E-state index is -4.21. The lowest BCUT2D eigenvalue weighted by Gasteiger charge is -2.25. The Kier molecular flexibility index (Phi) is 13.2. The second kappa shape index (κ2) is 17.7. The number of carboxylic acid groups (broad SMARTS) is 1. The van der Waals surface area contributed by atoms with E-state index >= 15 is 0 Å². The fourth-order valence-electron chi connectivity index (χ4n) is 6.92. The summed E-state index contributed by atoms with van der Waals surface area (Å²) < 4.78 is 64.2. The molecule has 14 heteroatoms. The predicted octanol–water partition coefficient (Wildman–Crippen LogP) is 9.50. The van der Waals surface area contributed by atoms with Crippen LogP contribution in [0.25, 0.3) is 10.9 Å². The number of aromatic nitrogens is 1. The third kappa shape index (κ3) is 10.3. The molecule has 0 fully saturated rings. The summed E-state index contributed by atoms with van der Waals surface area (Å²) in [6.45, 7) is 3.02. The smallest absolute Gasteiger partial charge is 0.309 e. The van der Waals surface area contributed by atoms with Crippen LogP contribution >= 0.6 is 34.8 Å². The first-order valence-corrected chi connectivity index (χ1v) is 22.3. The minimum Gasteiger partial charge on any atom is -0.481 e. The van der Waals surface area contributed by atoms with Crippen LogP contribution in [0.4, 0.5) is 0 Å². The van der Waals surface area contributed by atoms with Crippen LogP contribution < -0.4 is 4.72 Å². The van der Waals surface area contributed by atoms with Crippen molar-refractivity contribution in [2.24, 2.45) is 5.41 Å². The molecule has 298 valence electrons. The van der Waals surface area contributed by atoms with Gasteiger partial charge in [-0.2, -0.15) is 8.42 Å². The van der Waals surface area contributed by atoms with E-state index in [2.05, 4.69) is 9.29 Å². The van der Waals surface area contributed by atoms with E-state index in [0.717, 1.165) is 33.3 Å². The molecule has 0 atom stereocenters. The summed E-state index contributed by atoms with van der Waals surface area (Å²) in [5.74, 6) is -1.26. The van der Waals surface area contributed by atoms with E-state index in [-0.39, 0.29) is 54.1 Å². The lowest BCUT2D eigenvalue weighted by molar-refractivity contribution is -0.146. The van der Waals surface area contributed by atoms with E-state index < -0.39 is 31.5 Å². The Morgan fingerprint density at radius 3 is 1.98 bits per heavy atom. The maximum Gasteiger partial charge on any atom is 0.309 e. The van der Waals surface area contributed by atoms with Crippen molar-refractivity contribution in [1.29, 1.82) is 0 Å². The molecule has 0 bridgehead atoms. The zero-order chi connectivity index (χ0) is 41.0. The molecule has 0 radical (unpaired) electrons. The molecule has 5 aromatic carbocycles. The highest BCUT2D eigenvalue weighted by molar-refractivity contribution is 7.88. The highest BCUT2D eigenvalue weighted by Gasteiger charge is 2.29. The number of aliphatic carboxylic acids is 1. The molecule has 0 spiro atoms. The van der Waals surface area contributed by atoms with Gasteiger partial charge < -0.3 is 9.67 Å². The zero-order valence-corrected chi connectivity index (χ0v) is 35.1. The van der Waals surface area contributed by atoms with Gasteiger partial charge in [0.05, 0.1) is 38.8 Å². The number of benzene rings is 5. The van der Waals surface area contributed by atoms with Crippen LogP contribution in [0.1, 0.15) is 53.4 Å². The van der Waals surface area contributed by atoms with Gasteiger partial charge >= 0.3 is 5.97 Å². The molecule has 0 aliphatic heterocycles. The molecule has 6 rings (SSSR count). The van der Waals surface area contributed by atoms with Crippen LogP contribution in [-0.2, 0) is 54.1 Å². The fraction of sp³-hybridized carbons (Fsp3) is 0.233. The van der Waals surface area contributed by atoms with Crippen LogP contribution in [0, 0.1) is 5.41 Å². The number of nitrogens with zero attached hydrogens (tertiary/aromatic N) is 1. The molecule has 0 amide bonds. The number of halogens is 3. The second-order valence-corrected chi connectivity index (χ2v) is 19.0. The van der Waals surface area contributed by atoms with Crippen LogP contribution in [0.5, 0.6) is 0 Å². The van der Waals surface area contributed by atoms with Gasteiger partial charge in [-0.25, -0.2) is 13.1 Å². The Morgan fingerprint density at radius 1 is 0.772 bits per heavy atom. The summed E-state index contributed by atoms with van der Waals surface area (Å²) in [5, 5.41) is 11.4. The Bertz CT molecular complexity index is 2560. The van der Waals surface area contributed by atoms with Crippen molar-refractivity contribution in [1.82, 2.24) is 9.29 Å². The Hall–Kier alpha value is -4.20. The SMILES string of the molecule is CC(C)(Cc1ccc(S(=O)(=O)OCCc2c(CCNS(=O)(=O)Cc3ccc(Cl)c(Cl)c3)n(C(c3ccccc3)c3ccccc3)c3ccc(Cl)cc23)cc1)C(=O)O. The number of hydrogen-bond donors (Lipinski definition) is 2. The van der Waals surface area contributed by atoms with Crippen molar-refractivity contribution in [3.05, 3.63) is 170 Å². The van der Waals surface area contributed by atoms with Gasteiger partial charge in [-0.1, -0.05) is 114 Å². The topological polar surface area (TPSA) is 132 Å². The molecule has 2 N–H and O–H groups in total. The van der Waals surface area contributed by atoms with E-state index in [1.807, 2.05) is 72.8 Å². The van der Waals surface area contributed by atoms with Gasteiger partial charge in [-0.05, 0) is 97.0 Å². The Labute approximate surface area is 348 Å². The number of fused-ring (bicyclic) bond motifs is 1. The van der Waals surface area contributed by atoms with Crippen molar-refractivity contribution in [2.45, 2.75) is 49.8 Å². The Balaban J connectivity index is 1.36. The summed E-state index contributed by atoms with van der Waals surface area (Å²) in [6.07, 6.45) is 0.604. The van der Waals surface area contributed by atoms with Crippen LogP contribution in [-0.4, -0.2) is 45.6 Å². The molecule has 0 aliphatic carbocycles. The van der Waals surface area contributed by atoms with E-state index in [1.54, 1.807) is 44.2 Å². The summed E-state index contributed by atoms with van der Waals surface area (Å²) in [5.41, 5.74) is 4.45. The van der Waals surface area contributed by atoms with Crippen LogP contribution in [0.15, 0.2) is 126 Å². The van der Waals surface area contributed by atoms with Gasteiger partial charge in [0.2, 0.25) is 10.0 Å². The highest BCUT2D eigenvalue weighted by Crippen LogP contribution is 2.38. The van der Waals surface area contributed by atoms with Gasteiger partial charge in [0.1, 0.15) is 0 Å². The summed E-state index contributed by atoms with van der Waals surface area (Å²) >= 11 is 18.8. The number of carboxylic acids is 1. The summed E-state index contributed by atoms with van der Waals surface area (Å²) in [6, 6.07) is 35.8. The predicted molar refractivity (Wildman–Crippen MR) is 226 cm³/mol. The Morgan fingerprint density at radius 2 is 1.39 bits per heavy atom. The number of nitrogens with one attached hydrogen (secondary N) is 1. The lowest BCUT2D eigenvalue weighted by atomic mass is 9.86. The molecule has 6 aromatic rings. The van der Waals surface area contributed by atoms with E-state index in [9.17, 15) is 26.7 Å². The number of carbonyl (C=O) groups is 1. The monoisotopic (exact) mass is 866 g/mol. The molecule has 1 aromatic heterocycles. The molecule has 57 heavy (non-hydrogen) atoms. The van der Waals surface area contributed by atoms with Crippen molar-refractivity contribution >= 4 is 71.8 Å². The van der Waals surface area contributed by atoms with Crippen molar-refractivity contribution in [2.75, 3.05) is 13.2 Å². The quantitative estimate of drug-likeness (QED) is 0.0874. The van der Waals surface area contributed by atoms with E-state index in [0.29, 0.717) is 21.2 Å². The van der Waals surface area contributed by atoms with Gasteiger partial charge in [-0.3, -0.25) is 8.98 Å². The standard InChI is InChI=1S/C43H41Cl3N2O7S2/c1-43(2,42(49)50)27-29-13-17-34(18-14-29)57(53,54)55-24-22-35-36-26-33(44)16-20-39(36)48(41(31-9-5-3-6-10-31)32-11-7-4-8-12-32)40(35)21-23-47-56(51,52)28-30-15-19-37(45)38(46)25-30/h3-20,25-26,41,47H,21-24,27-28H2,1-2H3,(H,49,50). The number of sulfonamides is 1. The number of rotatable bonds is 17. The minimum absolute atomic E-state index is 0.0290. The maximum atomic E-state index is 13.5. The normalized spacial score (nSPS) is 12.4. The summed E-state index contributed by atoms with van der Waals surface area (Å²) in [4.78, 5) is 11.6. The van der Waals surface area contributed by atoms with Gasteiger partial charge in [-0.15, -0.1) is 0 Å². The lowest BCUT2D eigenvalue weighted by Crippen LogP contribution is -2.28. The molecule has 0 saturated heterocycles. The first kappa shape index (κ1) is 42.4.